The molecule has 92 valence electrons. The van der Waals surface area contributed by atoms with E-state index in [4.69, 9.17) is 5.11 Å². The largest absolute Gasteiger partial charge is 0.476 e. The molecule has 0 saturated carbocycles. The summed E-state index contributed by atoms with van der Waals surface area (Å²) in [6.07, 6.45) is 3.73. The van der Waals surface area contributed by atoms with E-state index in [1.807, 2.05) is 11.1 Å². The van der Waals surface area contributed by atoms with E-state index in [0.717, 1.165) is 18.9 Å². The van der Waals surface area contributed by atoms with Crippen LogP contribution in [0.15, 0.2) is 24.5 Å². The van der Waals surface area contributed by atoms with Crippen LogP contribution >= 0.6 is 0 Å². The Bertz CT molecular complexity index is 577. The Morgan fingerprint density at radius 1 is 1.28 bits per heavy atom. The van der Waals surface area contributed by atoms with E-state index < -0.39 is 5.97 Å². The van der Waals surface area contributed by atoms with Crippen molar-refractivity contribution in [1.29, 1.82) is 0 Å². The predicted octanol–water partition coefficient (Wildman–Crippen LogP) is 0.391. The SMILES string of the molecule is O=C(O)c1ccc(N2CCn3ccnc3C2)nn1. The predicted molar refractivity (Wildman–Crippen MR) is 62.3 cm³/mol. The summed E-state index contributed by atoms with van der Waals surface area (Å²) in [5.41, 5.74) is -0.0442. The van der Waals surface area contributed by atoms with Crippen LogP contribution in [0.25, 0.3) is 0 Å². The van der Waals surface area contributed by atoms with Crippen LogP contribution < -0.4 is 4.90 Å². The van der Waals surface area contributed by atoms with Crippen molar-refractivity contribution in [2.75, 3.05) is 11.4 Å². The molecule has 1 aliphatic heterocycles. The zero-order chi connectivity index (χ0) is 12.5. The third-order valence-corrected chi connectivity index (χ3v) is 2.94. The summed E-state index contributed by atoms with van der Waals surface area (Å²) >= 11 is 0. The summed E-state index contributed by atoms with van der Waals surface area (Å²) in [5, 5.41) is 16.4. The number of fused-ring (bicyclic) bond motifs is 1. The number of carbonyl (C=O) groups is 1. The van der Waals surface area contributed by atoms with E-state index in [0.29, 0.717) is 12.4 Å². The number of carboxylic acids is 1. The lowest BCUT2D eigenvalue weighted by molar-refractivity contribution is 0.0689. The molecule has 0 radical (unpaired) electrons. The van der Waals surface area contributed by atoms with Crippen LogP contribution in [0.2, 0.25) is 0 Å². The van der Waals surface area contributed by atoms with Crippen molar-refractivity contribution >= 4 is 11.8 Å². The van der Waals surface area contributed by atoms with Gasteiger partial charge in [0.2, 0.25) is 0 Å². The average Bonchev–Trinajstić information content (AvgIpc) is 2.86. The van der Waals surface area contributed by atoms with Crippen molar-refractivity contribution in [2.45, 2.75) is 13.1 Å². The van der Waals surface area contributed by atoms with Gasteiger partial charge in [-0.05, 0) is 12.1 Å². The molecule has 3 heterocycles. The fourth-order valence-corrected chi connectivity index (χ4v) is 1.98. The van der Waals surface area contributed by atoms with Crippen molar-refractivity contribution in [3.63, 3.8) is 0 Å². The topological polar surface area (TPSA) is 84.1 Å². The van der Waals surface area contributed by atoms with Crippen LogP contribution in [0, 0.1) is 0 Å². The Morgan fingerprint density at radius 2 is 2.17 bits per heavy atom. The molecule has 7 heteroatoms. The van der Waals surface area contributed by atoms with Crippen LogP contribution in [-0.2, 0) is 13.1 Å². The van der Waals surface area contributed by atoms with Crippen LogP contribution in [0.4, 0.5) is 5.82 Å². The van der Waals surface area contributed by atoms with Crippen LogP contribution in [0.1, 0.15) is 16.3 Å². The molecule has 1 N–H and O–H groups in total. The number of nitrogens with zero attached hydrogens (tertiary/aromatic N) is 5. The molecule has 1 aliphatic rings. The first-order valence-electron chi connectivity index (χ1n) is 5.56. The zero-order valence-electron chi connectivity index (χ0n) is 9.52. The highest BCUT2D eigenvalue weighted by Gasteiger charge is 2.18. The van der Waals surface area contributed by atoms with E-state index in [2.05, 4.69) is 19.7 Å². The number of aromatic carboxylic acids is 1. The summed E-state index contributed by atoms with van der Waals surface area (Å²) in [4.78, 5) is 17.0. The maximum absolute atomic E-state index is 10.7. The third-order valence-electron chi connectivity index (χ3n) is 2.94. The molecule has 0 spiro atoms. The van der Waals surface area contributed by atoms with Gasteiger partial charge in [-0.2, -0.15) is 0 Å². The maximum atomic E-state index is 10.7. The minimum absolute atomic E-state index is 0.0442. The van der Waals surface area contributed by atoms with Crippen molar-refractivity contribution in [2.24, 2.45) is 0 Å². The highest BCUT2D eigenvalue weighted by atomic mass is 16.4. The summed E-state index contributed by atoms with van der Waals surface area (Å²) in [7, 11) is 0. The van der Waals surface area contributed by atoms with E-state index in [1.165, 1.54) is 6.07 Å². The van der Waals surface area contributed by atoms with Crippen molar-refractivity contribution < 1.29 is 9.90 Å². The van der Waals surface area contributed by atoms with Gasteiger partial charge in [0.1, 0.15) is 5.82 Å². The van der Waals surface area contributed by atoms with Gasteiger partial charge in [0.15, 0.2) is 11.5 Å². The van der Waals surface area contributed by atoms with Gasteiger partial charge >= 0.3 is 5.97 Å². The minimum Gasteiger partial charge on any atom is -0.476 e. The van der Waals surface area contributed by atoms with Crippen LogP contribution in [-0.4, -0.2) is 37.4 Å². The van der Waals surface area contributed by atoms with E-state index in [9.17, 15) is 4.79 Å². The number of anilines is 1. The molecule has 3 rings (SSSR count). The standard InChI is InChI=1S/C11H11N5O2/c17-11(18)8-1-2-9(14-13-8)16-6-5-15-4-3-12-10(15)7-16/h1-4H,5-7H2,(H,17,18). The second-order valence-electron chi connectivity index (χ2n) is 4.04. The maximum Gasteiger partial charge on any atom is 0.356 e. The molecule has 0 atom stereocenters. The van der Waals surface area contributed by atoms with Gasteiger partial charge in [0, 0.05) is 25.5 Å². The fraction of sp³-hybridized carbons (Fsp3) is 0.273. The molecule has 0 saturated heterocycles. The Hall–Kier alpha value is -2.44. The van der Waals surface area contributed by atoms with Gasteiger partial charge in [-0.25, -0.2) is 9.78 Å². The van der Waals surface area contributed by atoms with Gasteiger partial charge < -0.3 is 14.6 Å². The molecule has 2 aromatic heterocycles. The summed E-state index contributed by atoms with van der Waals surface area (Å²) in [6.45, 7) is 2.32. The molecular weight excluding hydrogens is 234 g/mol. The molecule has 2 aromatic rings. The normalized spacial score (nSPS) is 14.3. The van der Waals surface area contributed by atoms with Gasteiger partial charge in [-0.3, -0.25) is 0 Å². The average molecular weight is 245 g/mol. The first kappa shape index (κ1) is 10.7. The Balaban J connectivity index is 1.82. The summed E-state index contributed by atoms with van der Waals surface area (Å²) in [6, 6.07) is 3.14. The lowest BCUT2D eigenvalue weighted by atomic mass is 10.3. The van der Waals surface area contributed by atoms with Crippen molar-refractivity contribution in [3.05, 3.63) is 36.0 Å². The number of carboxylic acid groups (broad SMARTS) is 1. The Kier molecular flexibility index (Phi) is 2.44. The first-order valence-corrected chi connectivity index (χ1v) is 5.56. The second-order valence-corrected chi connectivity index (χ2v) is 4.04. The fourth-order valence-electron chi connectivity index (χ4n) is 1.98. The number of hydrogen-bond acceptors (Lipinski definition) is 5. The minimum atomic E-state index is -1.07. The molecule has 18 heavy (non-hydrogen) atoms. The number of rotatable bonds is 2. The van der Waals surface area contributed by atoms with E-state index in [-0.39, 0.29) is 5.69 Å². The highest BCUT2D eigenvalue weighted by Crippen LogP contribution is 2.17. The van der Waals surface area contributed by atoms with Gasteiger partial charge in [-0.15, -0.1) is 10.2 Å². The van der Waals surface area contributed by atoms with Crippen molar-refractivity contribution in [3.8, 4) is 0 Å². The van der Waals surface area contributed by atoms with Crippen LogP contribution in [0.3, 0.4) is 0 Å². The smallest absolute Gasteiger partial charge is 0.356 e. The van der Waals surface area contributed by atoms with Crippen molar-refractivity contribution in [1.82, 2.24) is 19.7 Å². The molecule has 0 aromatic carbocycles. The summed E-state index contributed by atoms with van der Waals surface area (Å²) in [5.74, 6) is 0.586. The molecule has 0 bridgehead atoms. The monoisotopic (exact) mass is 245 g/mol. The molecule has 7 nitrogen and oxygen atoms in total. The molecule has 0 unspecified atom stereocenters. The second kappa shape index (κ2) is 4.10. The van der Waals surface area contributed by atoms with Gasteiger partial charge in [-0.1, -0.05) is 0 Å². The third kappa shape index (κ3) is 1.79. The lowest BCUT2D eigenvalue weighted by Gasteiger charge is -2.28. The molecule has 0 aliphatic carbocycles. The molecular formula is C11H11N5O2. The van der Waals surface area contributed by atoms with Crippen LogP contribution in [0.5, 0.6) is 0 Å². The number of aromatic nitrogens is 4. The number of imidazole rings is 1. The van der Waals surface area contributed by atoms with E-state index in [1.54, 1.807) is 12.3 Å². The number of hydrogen-bond donors (Lipinski definition) is 1. The lowest BCUT2D eigenvalue weighted by Crippen LogP contribution is -2.34. The summed E-state index contributed by atoms with van der Waals surface area (Å²) < 4.78 is 2.09. The Morgan fingerprint density at radius 3 is 2.89 bits per heavy atom. The van der Waals surface area contributed by atoms with Gasteiger partial charge in [0.05, 0.1) is 6.54 Å². The van der Waals surface area contributed by atoms with Gasteiger partial charge in [0.25, 0.3) is 0 Å². The quantitative estimate of drug-likeness (QED) is 0.824. The molecule has 0 amide bonds. The highest BCUT2D eigenvalue weighted by molar-refractivity contribution is 5.85. The van der Waals surface area contributed by atoms with E-state index >= 15 is 0 Å². The zero-order valence-corrected chi connectivity index (χ0v) is 9.52. The first-order chi connectivity index (χ1) is 8.74. The molecule has 0 fully saturated rings. The Labute approximate surface area is 103 Å².